The highest BCUT2D eigenvalue weighted by Gasteiger charge is 2.32. The minimum Gasteiger partial charge on any atom is -0.508 e. The van der Waals surface area contributed by atoms with Crippen molar-refractivity contribution in [2.45, 2.75) is 51.8 Å². The van der Waals surface area contributed by atoms with Crippen LogP contribution in [0.5, 0.6) is 5.75 Å². The Bertz CT molecular complexity index is 1570. The van der Waals surface area contributed by atoms with Gasteiger partial charge in [-0.05, 0) is 67.7 Å². The van der Waals surface area contributed by atoms with Gasteiger partial charge in [0, 0.05) is 45.0 Å². The molecule has 0 radical (unpaired) electrons. The molecule has 2 atom stereocenters. The summed E-state index contributed by atoms with van der Waals surface area (Å²) in [4.78, 5) is 49.3. The number of hydrogen-bond acceptors (Lipinski definition) is 9. The third-order valence-electron chi connectivity index (χ3n) is 8.76. The van der Waals surface area contributed by atoms with E-state index >= 15 is 0 Å². The average molecular weight is 643 g/mol. The van der Waals surface area contributed by atoms with Crippen molar-refractivity contribution in [2.75, 3.05) is 42.9 Å². The monoisotopic (exact) mass is 642 g/mol. The number of hydrogen-bond donors (Lipinski definition) is 3. The number of rotatable bonds is 10. The lowest BCUT2D eigenvalue weighted by atomic mass is 9.96. The molecule has 2 fully saturated rings. The number of amides is 2. The molecule has 2 amide bonds. The van der Waals surface area contributed by atoms with Gasteiger partial charge in [0.15, 0.2) is 0 Å². The summed E-state index contributed by atoms with van der Waals surface area (Å²) in [5.74, 6) is 1.01. The zero-order valence-electron chi connectivity index (χ0n) is 26.8. The fourth-order valence-electron chi connectivity index (χ4n) is 5.82. The van der Waals surface area contributed by atoms with Gasteiger partial charge < -0.3 is 25.2 Å². The summed E-state index contributed by atoms with van der Waals surface area (Å²) in [6, 6.07) is 14.6. The number of nitrogens with one attached hydrogen (secondary N) is 1. The number of carbonyl (C=O) groups is 3. The van der Waals surface area contributed by atoms with Crippen LogP contribution in [0.2, 0.25) is 0 Å². The van der Waals surface area contributed by atoms with Crippen LogP contribution in [0.1, 0.15) is 72.2 Å². The Morgan fingerprint density at radius 2 is 1.72 bits per heavy atom. The molecule has 1 aromatic heterocycles. The topological polar surface area (TPSA) is 148 Å². The summed E-state index contributed by atoms with van der Waals surface area (Å²) >= 11 is 0. The maximum Gasteiger partial charge on any atom is 0.415 e. The number of aromatic hydroxyl groups is 1. The van der Waals surface area contributed by atoms with E-state index in [2.05, 4.69) is 58.0 Å². The van der Waals surface area contributed by atoms with Gasteiger partial charge in [-0.3, -0.25) is 14.6 Å². The lowest BCUT2D eigenvalue weighted by molar-refractivity contribution is -0.128. The SMILES string of the molecule is C=CC(=O)N1CCN(C(CC2CC2)c2ccc(C(C)Nc3ncc4c(n3)N(CC)C(=O)OC4)cc2)CC1.O=C(O)c1ccc(O)cc1. The highest BCUT2D eigenvalue weighted by Crippen LogP contribution is 2.40. The van der Waals surface area contributed by atoms with Crippen molar-refractivity contribution < 1.29 is 29.3 Å². The molecule has 12 heteroatoms. The molecular weight excluding hydrogens is 600 g/mol. The van der Waals surface area contributed by atoms with Crippen LogP contribution in [-0.2, 0) is 16.1 Å². The average Bonchev–Trinajstić information content (AvgIpc) is 3.92. The first-order valence-electron chi connectivity index (χ1n) is 16.0. The number of carbonyl (C=O) groups excluding carboxylic acids is 2. The number of cyclic esters (lactones) is 1. The largest absolute Gasteiger partial charge is 0.508 e. The van der Waals surface area contributed by atoms with Crippen molar-refractivity contribution in [2.24, 2.45) is 5.92 Å². The number of phenolic OH excluding ortho intramolecular Hbond substituents is 1. The highest BCUT2D eigenvalue weighted by molar-refractivity contribution is 5.89. The Kier molecular flexibility index (Phi) is 10.7. The van der Waals surface area contributed by atoms with Crippen LogP contribution in [0, 0.1) is 5.92 Å². The summed E-state index contributed by atoms with van der Waals surface area (Å²) in [6.07, 6.45) is 6.56. The number of carboxylic acid groups (broad SMARTS) is 1. The van der Waals surface area contributed by atoms with Crippen molar-refractivity contribution in [3.05, 3.63) is 89.6 Å². The summed E-state index contributed by atoms with van der Waals surface area (Å²) in [5, 5.41) is 20.5. The quantitative estimate of drug-likeness (QED) is 0.246. The Hall–Kier alpha value is -4.97. The Morgan fingerprint density at radius 1 is 1.06 bits per heavy atom. The Balaban J connectivity index is 0.000000371. The van der Waals surface area contributed by atoms with Gasteiger partial charge in [-0.15, -0.1) is 0 Å². The van der Waals surface area contributed by atoms with Gasteiger partial charge in [0.25, 0.3) is 0 Å². The number of anilines is 2. The molecule has 1 saturated carbocycles. The van der Waals surface area contributed by atoms with Crippen LogP contribution >= 0.6 is 0 Å². The molecule has 3 aromatic rings. The lowest BCUT2D eigenvalue weighted by Crippen LogP contribution is -2.49. The highest BCUT2D eigenvalue weighted by atomic mass is 16.6. The minimum absolute atomic E-state index is 0.00642. The van der Waals surface area contributed by atoms with Crippen LogP contribution in [0.15, 0.2) is 67.4 Å². The number of nitrogens with zero attached hydrogens (tertiary/aromatic N) is 5. The molecule has 12 nitrogen and oxygen atoms in total. The van der Waals surface area contributed by atoms with Crippen molar-refractivity contribution in [1.29, 1.82) is 0 Å². The molecule has 2 unspecified atom stereocenters. The number of piperazine rings is 1. The first kappa shape index (κ1) is 33.4. The molecule has 0 spiro atoms. The van der Waals surface area contributed by atoms with Gasteiger partial charge in [0.05, 0.1) is 17.2 Å². The molecule has 0 bridgehead atoms. The van der Waals surface area contributed by atoms with E-state index < -0.39 is 5.97 Å². The molecule has 3 heterocycles. The van der Waals surface area contributed by atoms with Gasteiger partial charge in [-0.1, -0.05) is 43.7 Å². The van der Waals surface area contributed by atoms with E-state index in [-0.39, 0.29) is 36.0 Å². The normalized spacial score (nSPS) is 17.4. The van der Waals surface area contributed by atoms with E-state index in [4.69, 9.17) is 14.9 Å². The van der Waals surface area contributed by atoms with E-state index in [0.29, 0.717) is 24.4 Å². The van der Waals surface area contributed by atoms with Gasteiger partial charge in [0.2, 0.25) is 11.9 Å². The number of benzene rings is 2. The summed E-state index contributed by atoms with van der Waals surface area (Å²) < 4.78 is 5.18. The molecule has 3 N–H and O–H groups in total. The van der Waals surface area contributed by atoms with Crippen LogP contribution in [0.4, 0.5) is 16.6 Å². The first-order chi connectivity index (χ1) is 22.7. The molecule has 47 heavy (non-hydrogen) atoms. The van der Waals surface area contributed by atoms with Gasteiger partial charge in [0.1, 0.15) is 18.2 Å². The molecule has 1 aliphatic carbocycles. The molecule has 2 aliphatic heterocycles. The van der Waals surface area contributed by atoms with Crippen LogP contribution in [-0.4, -0.2) is 80.7 Å². The fraction of sp³-hybridized carbons (Fsp3) is 0.400. The van der Waals surface area contributed by atoms with Crippen LogP contribution < -0.4 is 10.2 Å². The van der Waals surface area contributed by atoms with Crippen LogP contribution in [0.25, 0.3) is 0 Å². The second-order valence-corrected chi connectivity index (χ2v) is 12.0. The molecular formula is C35H42N6O6. The van der Waals surface area contributed by atoms with Crippen LogP contribution in [0.3, 0.4) is 0 Å². The smallest absolute Gasteiger partial charge is 0.415 e. The predicted octanol–water partition coefficient (Wildman–Crippen LogP) is 5.39. The Labute approximate surface area is 274 Å². The molecule has 1 saturated heterocycles. The first-order valence-corrected chi connectivity index (χ1v) is 16.0. The van der Waals surface area contributed by atoms with Crippen molar-refractivity contribution in [3.63, 3.8) is 0 Å². The molecule has 6 rings (SSSR count). The van der Waals surface area contributed by atoms with E-state index in [1.54, 1.807) is 6.20 Å². The standard InChI is InChI=1S/C28H36N6O3.C7H6O3/c1-4-25(35)33-14-12-32(13-15-33)24(16-20-6-7-20)22-10-8-21(9-11-22)19(3)30-27-29-17-23-18-37-28(36)34(5-2)26(23)31-27;8-6-3-1-5(2-4-6)7(9)10/h4,8-11,17,19-20,24H,1,5-7,12-16,18H2,2-3H3,(H,29,30,31);1-4,8H,(H,9,10). The molecule has 2 aromatic carbocycles. The van der Waals surface area contributed by atoms with Crippen molar-refractivity contribution in [1.82, 2.24) is 19.8 Å². The molecule has 248 valence electrons. The van der Waals surface area contributed by atoms with Gasteiger partial charge >= 0.3 is 12.1 Å². The third kappa shape index (κ3) is 8.44. The molecule has 3 aliphatic rings. The van der Waals surface area contributed by atoms with Crippen molar-refractivity contribution >= 4 is 29.7 Å². The van der Waals surface area contributed by atoms with Gasteiger partial charge in [-0.2, -0.15) is 4.98 Å². The minimum atomic E-state index is -0.986. The Morgan fingerprint density at radius 3 is 2.32 bits per heavy atom. The van der Waals surface area contributed by atoms with E-state index in [9.17, 15) is 14.4 Å². The number of ether oxygens (including phenoxy) is 1. The second kappa shape index (κ2) is 15.1. The lowest BCUT2D eigenvalue weighted by Gasteiger charge is -2.39. The second-order valence-electron chi connectivity index (χ2n) is 12.0. The van der Waals surface area contributed by atoms with Crippen molar-refractivity contribution in [3.8, 4) is 5.75 Å². The van der Waals surface area contributed by atoms with E-state index in [1.807, 2.05) is 11.8 Å². The van der Waals surface area contributed by atoms with E-state index in [0.717, 1.165) is 43.2 Å². The third-order valence-corrected chi connectivity index (χ3v) is 8.76. The number of fused-ring (bicyclic) bond motifs is 1. The predicted molar refractivity (Wildman–Crippen MR) is 177 cm³/mol. The summed E-state index contributed by atoms with van der Waals surface area (Å²) in [5.41, 5.74) is 3.45. The maximum absolute atomic E-state index is 12.1. The number of aromatic carboxylic acids is 1. The van der Waals surface area contributed by atoms with E-state index in [1.165, 1.54) is 60.1 Å². The zero-order valence-corrected chi connectivity index (χ0v) is 26.8. The van der Waals surface area contributed by atoms with Gasteiger partial charge in [-0.25, -0.2) is 14.6 Å². The fourth-order valence-corrected chi connectivity index (χ4v) is 5.82. The number of phenols is 1. The number of aromatic nitrogens is 2. The number of carboxylic acids is 1. The maximum atomic E-state index is 12.1. The summed E-state index contributed by atoms with van der Waals surface area (Å²) in [6.45, 7) is 11.6. The summed E-state index contributed by atoms with van der Waals surface area (Å²) in [7, 11) is 0. The zero-order chi connectivity index (χ0) is 33.5.